The number of rotatable bonds is 6. The van der Waals surface area contributed by atoms with E-state index in [1.165, 1.54) is 20.3 Å². The molecule has 0 aliphatic carbocycles. The Labute approximate surface area is 157 Å². The van der Waals surface area contributed by atoms with Gasteiger partial charge in [-0.3, -0.25) is 0 Å². The highest BCUT2D eigenvalue weighted by molar-refractivity contribution is 5.93. The summed E-state index contributed by atoms with van der Waals surface area (Å²) >= 11 is 0. The van der Waals surface area contributed by atoms with E-state index < -0.39 is 0 Å². The van der Waals surface area contributed by atoms with Crippen LogP contribution < -0.4 is 24.3 Å². The number of benzene rings is 2. The van der Waals surface area contributed by atoms with Crippen molar-refractivity contribution in [1.29, 1.82) is 0 Å². The molecule has 0 spiro atoms. The molecule has 0 bridgehead atoms. The van der Waals surface area contributed by atoms with Crippen molar-refractivity contribution in [2.45, 2.75) is 13.1 Å². The molecule has 2 aromatic rings. The molecule has 0 fully saturated rings. The number of nitrogens with zero attached hydrogens (tertiary/aromatic N) is 1. The smallest absolute Gasteiger partial charge is 0.322 e. The molecule has 0 aromatic heterocycles. The number of fused-ring (bicyclic) bond motifs is 1. The van der Waals surface area contributed by atoms with Gasteiger partial charge in [0.15, 0.2) is 23.0 Å². The van der Waals surface area contributed by atoms with Crippen molar-refractivity contribution in [2.24, 2.45) is 0 Å². The minimum atomic E-state index is -0.263. The minimum absolute atomic E-state index is 0.0189. The lowest BCUT2D eigenvalue weighted by atomic mass is 10.1. The number of hydrogen-bond acceptors (Lipinski definition) is 6. The number of phenols is 1. The Kier molecular flexibility index (Phi) is 5.16. The Bertz CT molecular complexity index is 843. The first-order chi connectivity index (χ1) is 13.0. The number of nitrogens with one attached hydrogen (secondary N) is 1. The maximum atomic E-state index is 12.5. The molecule has 1 heterocycles. The van der Waals surface area contributed by atoms with Crippen LogP contribution in [0.15, 0.2) is 24.3 Å². The van der Waals surface area contributed by atoms with E-state index in [1.807, 2.05) is 12.1 Å². The molecule has 2 N–H and O–H groups in total. The van der Waals surface area contributed by atoms with Gasteiger partial charge in [-0.2, -0.15) is 0 Å². The van der Waals surface area contributed by atoms with Crippen LogP contribution in [0.4, 0.5) is 10.5 Å². The topological polar surface area (TPSA) is 89.5 Å². The standard InChI is InChI=1S/C19H22N2O6/c1-24-15-7-12-10-21(19(23)20-13(12)8-14(15)22)9-11-5-16(25-2)18(27-4)17(6-11)26-3/h5-8,22H,9-10H2,1-4H3,(H,20,23). The highest BCUT2D eigenvalue weighted by Crippen LogP contribution is 2.39. The Morgan fingerprint density at radius 3 is 2.15 bits per heavy atom. The van der Waals surface area contributed by atoms with Crippen LogP contribution in [-0.4, -0.2) is 44.5 Å². The quantitative estimate of drug-likeness (QED) is 0.808. The van der Waals surface area contributed by atoms with Crippen molar-refractivity contribution < 1.29 is 28.8 Å². The predicted octanol–water partition coefficient (Wildman–Crippen LogP) is 2.97. The lowest BCUT2D eigenvalue weighted by Gasteiger charge is -2.30. The van der Waals surface area contributed by atoms with Crippen molar-refractivity contribution in [3.63, 3.8) is 0 Å². The van der Waals surface area contributed by atoms with Crippen molar-refractivity contribution in [1.82, 2.24) is 4.90 Å². The first kappa shape index (κ1) is 18.5. The van der Waals surface area contributed by atoms with Gasteiger partial charge in [0.05, 0.1) is 34.1 Å². The van der Waals surface area contributed by atoms with Crippen molar-refractivity contribution >= 4 is 11.7 Å². The van der Waals surface area contributed by atoms with Crippen LogP contribution in [0.5, 0.6) is 28.7 Å². The van der Waals surface area contributed by atoms with E-state index in [-0.39, 0.29) is 11.8 Å². The summed E-state index contributed by atoms with van der Waals surface area (Å²) in [5.41, 5.74) is 2.24. The number of carbonyl (C=O) groups excluding carboxylic acids is 1. The molecule has 0 radical (unpaired) electrons. The number of aromatic hydroxyl groups is 1. The molecular weight excluding hydrogens is 352 g/mol. The zero-order valence-corrected chi connectivity index (χ0v) is 15.7. The van der Waals surface area contributed by atoms with Gasteiger partial charge in [0.1, 0.15) is 0 Å². The SMILES string of the molecule is COc1cc2c(cc1O)NC(=O)N(Cc1cc(OC)c(OC)c(OC)c1)C2. The summed E-state index contributed by atoms with van der Waals surface area (Å²) in [6, 6.07) is 6.55. The van der Waals surface area contributed by atoms with Gasteiger partial charge in [0.2, 0.25) is 5.75 Å². The van der Waals surface area contributed by atoms with Crippen LogP contribution in [0, 0.1) is 0 Å². The fourth-order valence-electron chi connectivity index (χ4n) is 3.07. The molecule has 0 unspecified atom stereocenters. The molecule has 0 saturated carbocycles. The van der Waals surface area contributed by atoms with Gasteiger partial charge >= 0.3 is 6.03 Å². The van der Waals surface area contributed by atoms with Gasteiger partial charge in [-0.15, -0.1) is 0 Å². The van der Waals surface area contributed by atoms with Gasteiger partial charge in [0, 0.05) is 19.2 Å². The van der Waals surface area contributed by atoms with Gasteiger partial charge in [-0.05, 0) is 29.3 Å². The predicted molar refractivity (Wildman–Crippen MR) is 99.0 cm³/mol. The summed E-state index contributed by atoms with van der Waals surface area (Å²) in [4.78, 5) is 14.1. The molecule has 3 rings (SSSR count). The molecule has 2 aromatic carbocycles. The van der Waals surface area contributed by atoms with E-state index in [0.29, 0.717) is 41.8 Å². The molecule has 1 aliphatic heterocycles. The van der Waals surface area contributed by atoms with E-state index in [4.69, 9.17) is 18.9 Å². The van der Waals surface area contributed by atoms with E-state index >= 15 is 0 Å². The average Bonchev–Trinajstić information content (AvgIpc) is 2.67. The van der Waals surface area contributed by atoms with Crippen LogP contribution in [0.1, 0.15) is 11.1 Å². The van der Waals surface area contributed by atoms with Crippen LogP contribution in [0.3, 0.4) is 0 Å². The number of ether oxygens (including phenoxy) is 4. The molecule has 8 nitrogen and oxygen atoms in total. The summed E-state index contributed by atoms with van der Waals surface area (Å²) < 4.78 is 21.2. The third-order valence-electron chi connectivity index (χ3n) is 4.39. The zero-order chi connectivity index (χ0) is 19.6. The normalized spacial score (nSPS) is 12.9. The Morgan fingerprint density at radius 1 is 0.963 bits per heavy atom. The highest BCUT2D eigenvalue weighted by Gasteiger charge is 2.25. The van der Waals surface area contributed by atoms with Crippen molar-refractivity contribution in [3.8, 4) is 28.7 Å². The number of urea groups is 1. The third-order valence-corrected chi connectivity index (χ3v) is 4.39. The second kappa shape index (κ2) is 7.53. The van der Waals surface area contributed by atoms with Crippen LogP contribution in [-0.2, 0) is 13.1 Å². The van der Waals surface area contributed by atoms with Crippen LogP contribution in [0.25, 0.3) is 0 Å². The van der Waals surface area contributed by atoms with Crippen molar-refractivity contribution in [2.75, 3.05) is 33.8 Å². The molecular formula is C19H22N2O6. The Morgan fingerprint density at radius 2 is 1.59 bits per heavy atom. The summed E-state index contributed by atoms with van der Waals surface area (Å²) in [5.74, 6) is 1.89. The van der Waals surface area contributed by atoms with Gasteiger partial charge < -0.3 is 34.3 Å². The number of phenolic OH excluding ortho intramolecular Hbond substituents is 1. The van der Waals surface area contributed by atoms with Crippen LogP contribution in [0.2, 0.25) is 0 Å². The second-order valence-corrected chi connectivity index (χ2v) is 6.00. The van der Waals surface area contributed by atoms with Crippen LogP contribution >= 0.6 is 0 Å². The first-order valence-electron chi connectivity index (χ1n) is 8.25. The van der Waals surface area contributed by atoms with Crippen molar-refractivity contribution in [3.05, 3.63) is 35.4 Å². The summed E-state index contributed by atoms with van der Waals surface area (Å²) in [7, 11) is 6.11. The highest BCUT2D eigenvalue weighted by atomic mass is 16.5. The molecule has 144 valence electrons. The molecule has 0 saturated heterocycles. The zero-order valence-electron chi connectivity index (χ0n) is 15.7. The third kappa shape index (κ3) is 3.51. The van der Waals surface area contributed by atoms with E-state index in [2.05, 4.69) is 5.32 Å². The number of carbonyl (C=O) groups is 1. The minimum Gasteiger partial charge on any atom is -0.504 e. The molecule has 27 heavy (non-hydrogen) atoms. The maximum Gasteiger partial charge on any atom is 0.322 e. The summed E-state index contributed by atoms with van der Waals surface area (Å²) in [6.07, 6.45) is 0. The monoisotopic (exact) mass is 374 g/mol. The Balaban J connectivity index is 1.89. The number of methoxy groups -OCH3 is 4. The fourth-order valence-corrected chi connectivity index (χ4v) is 3.07. The number of amides is 2. The lowest BCUT2D eigenvalue weighted by molar-refractivity contribution is 0.203. The second-order valence-electron chi connectivity index (χ2n) is 6.00. The molecule has 0 atom stereocenters. The maximum absolute atomic E-state index is 12.5. The number of hydrogen-bond donors (Lipinski definition) is 2. The molecule has 1 aliphatic rings. The first-order valence-corrected chi connectivity index (χ1v) is 8.25. The van der Waals surface area contributed by atoms with E-state index in [0.717, 1.165) is 11.1 Å². The fraction of sp³-hybridized carbons (Fsp3) is 0.316. The van der Waals surface area contributed by atoms with E-state index in [9.17, 15) is 9.90 Å². The molecule has 8 heteroatoms. The summed E-state index contributed by atoms with van der Waals surface area (Å²) in [6.45, 7) is 0.708. The Hall–Kier alpha value is -3.29. The molecule has 2 amide bonds. The summed E-state index contributed by atoms with van der Waals surface area (Å²) in [5, 5.41) is 12.7. The van der Waals surface area contributed by atoms with E-state index in [1.54, 1.807) is 25.2 Å². The van der Waals surface area contributed by atoms with Gasteiger partial charge in [-0.25, -0.2) is 4.79 Å². The van der Waals surface area contributed by atoms with Gasteiger partial charge in [-0.1, -0.05) is 0 Å². The largest absolute Gasteiger partial charge is 0.504 e. The number of anilines is 1. The average molecular weight is 374 g/mol. The lowest BCUT2D eigenvalue weighted by Crippen LogP contribution is -2.38. The van der Waals surface area contributed by atoms with Gasteiger partial charge in [0.25, 0.3) is 0 Å².